The van der Waals surface area contributed by atoms with E-state index < -0.39 is 0 Å². The standard InChI is InChI=1S/C16H13FN2OS/c1-11(21-15-7-3-5-13(17)9-15)16(20)19-14-6-2-4-12(8-14)10-18/h2-9,11H,1H3,(H,19,20). The van der Waals surface area contributed by atoms with Crippen LogP contribution in [0.25, 0.3) is 0 Å². The van der Waals surface area contributed by atoms with Gasteiger partial charge in [0.25, 0.3) is 0 Å². The van der Waals surface area contributed by atoms with Crippen molar-refractivity contribution in [2.75, 3.05) is 5.32 Å². The lowest BCUT2D eigenvalue weighted by Gasteiger charge is -2.12. The third-order valence-corrected chi connectivity index (χ3v) is 3.83. The van der Waals surface area contributed by atoms with E-state index in [-0.39, 0.29) is 17.0 Å². The van der Waals surface area contributed by atoms with Gasteiger partial charge in [0.2, 0.25) is 5.91 Å². The molecule has 1 unspecified atom stereocenters. The summed E-state index contributed by atoms with van der Waals surface area (Å²) in [6.45, 7) is 1.75. The van der Waals surface area contributed by atoms with E-state index in [4.69, 9.17) is 5.26 Å². The van der Waals surface area contributed by atoms with Crippen molar-refractivity contribution in [1.82, 2.24) is 0 Å². The molecule has 0 fully saturated rings. The zero-order chi connectivity index (χ0) is 15.2. The van der Waals surface area contributed by atoms with Crippen LogP contribution in [-0.4, -0.2) is 11.2 Å². The number of nitrogens with one attached hydrogen (secondary N) is 1. The molecular weight excluding hydrogens is 287 g/mol. The quantitative estimate of drug-likeness (QED) is 0.873. The van der Waals surface area contributed by atoms with Gasteiger partial charge in [0, 0.05) is 10.6 Å². The zero-order valence-corrected chi connectivity index (χ0v) is 12.2. The van der Waals surface area contributed by atoms with Gasteiger partial charge in [-0.25, -0.2) is 4.39 Å². The fraction of sp³-hybridized carbons (Fsp3) is 0.125. The summed E-state index contributed by atoms with van der Waals surface area (Å²) in [5, 5.41) is 11.2. The van der Waals surface area contributed by atoms with Gasteiger partial charge >= 0.3 is 0 Å². The highest BCUT2D eigenvalue weighted by molar-refractivity contribution is 8.00. The molecule has 0 aromatic heterocycles. The second-order valence-electron chi connectivity index (χ2n) is 4.40. The van der Waals surface area contributed by atoms with Crippen LogP contribution in [0.3, 0.4) is 0 Å². The number of hydrogen-bond acceptors (Lipinski definition) is 3. The Bertz CT molecular complexity index is 697. The number of rotatable bonds is 4. The predicted molar refractivity (Wildman–Crippen MR) is 81.5 cm³/mol. The van der Waals surface area contributed by atoms with E-state index in [2.05, 4.69) is 5.32 Å². The number of nitriles is 1. The molecule has 0 aliphatic carbocycles. The Labute approximate surface area is 126 Å². The molecule has 0 aliphatic rings. The second-order valence-corrected chi connectivity index (χ2v) is 5.81. The van der Waals surface area contributed by atoms with Gasteiger partial charge in [0.05, 0.1) is 16.9 Å². The van der Waals surface area contributed by atoms with E-state index in [0.717, 1.165) is 0 Å². The molecule has 1 N–H and O–H groups in total. The smallest absolute Gasteiger partial charge is 0.237 e. The van der Waals surface area contributed by atoms with Crippen LogP contribution in [0.5, 0.6) is 0 Å². The molecule has 1 atom stereocenters. The van der Waals surface area contributed by atoms with E-state index in [1.54, 1.807) is 43.3 Å². The number of nitrogens with zero attached hydrogens (tertiary/aromatic N) is 1. The molecule has 0 bridgehead atoms. The Morgan fingerprint density at radius 2 is 2.05 bits per heavy atom. The third-order valence-electron chi connectivity index (χ3n) is 2.74. The minimum absolute atomic E-state index is 0.195. The molecule has 0 saturated carbocycles. The average molecular weight is 300 g/mol. The normalized spacial score (nSPS) is 11.5. The number of carbonyl (C=O) groups is 1. The fourth-order valence-corrected chi connectivity index (χ4v) is 2.62. The Kier molecular flexibility index (Phi) is 4.96. The Morgan fingerprint density at radius 3 is 2.76 bits per heavy atom. The largest absolute Gasteiger partial charge is 0.325 e. The SMILES string of the molecule is CC(Sc1cccc(F)c1)C(=O)Nc1cccc(C#N)c1. The number of thioether (sulfide) groups is 1. The number of carbonyl (C=O) groups excluding carboxylic acids is 1. The summed E-state index contributed by atoms with van der Waals surface area (Å²) in [6.07, 6.45) is 0. The Balaban J connectivity index is 2.01. The van der Waals surface area contributed by atoms with Crippen LogP contribution < -0.4 is 5.32 Å². The molecule has 0 heterocycles. The van der Waals surface area contributed by atoms with Crippen molar-refractivity contribution in [2.24, 2.45) is 0 Å². The topological polar surface area (TPSA) is 52.9 Å². The highest BCUT2D eigenvalue weighted by atomic mass is 32.2. The van der Waals surface area contributed by atoms with Crippen LogP contribution in [0.1, 0.15) is 12.5 Å². The first-order valence-corrected chi connectivity index (χ1v) is 7.19. The lowest BCUT2D eigenvalue weighted by Crippen LogP contribution is -2.22. The van der Waals surface area contributed by atoms with E-state index in [1.807, 2.05) is 6.07 Å². The van der Waals surface area contributed by atoms with Crippen LogP contribution in [0.2, 0.25) is 0 Å². The van der Waals surface area contributed by atoms with E-state index in [9.17, 15) is 9.18 Å². The number of halogens is 1. The summed E-state index contributed by atoms with van der Waals surface area (Å²) >= 11 is 1.28. The third kappa shape index (κ3) is 4.33. The molecule has 0 radical (unpaired) electrons. The monoisotopic (exact) mass is 300 g/mol. The number of amides is 1. The van der Waals surface area contributed by atoms with Gasteiger partial charge < -0.3 is 5.32 Å². The van der Waals surface area contributed by atoms with Crippen molar-refractivity contribution in [1.29, 1.82) is 5.26 Å². The first kappa shape index (κ1) is 15.1. The highest BCUT2D eigenvalue weighted by Gasteiger charge is 2.15. The predicted octanol–water partition coefficient (Wildman–Crippen LogP) is 3.82. The highest BCUT2D eigenvalue weighted by Crippen LogP contribution is 2.24. The van der Waals surface area contributed by atoms with Crippen molar-refractivity contribution in [3.8, 4) is 6.07 Å². The summed E-state index contributed by atoms with van der Waals surface area (Å²) in [7, 11) is 0. The first-order valence-electron chi connectivity index (χ1n) is 6.32. The lowest BCUT2D eigenvalue weighted by atomic mass is 10.2. The molecule has 1 amide bonds. The molecule has 2 aromatic rings. The van der Waals surface area contributed by atoms with Crippen molar-refractivity contribution >= 4 is 23.4 Å². The molecule has 2 rings (SSSR count). The molecule has 2 aromatic carbocycles. The molecule has 21 heavy (non-hydrogen) atoms. The average Bonchev–Trinajstić information content (AvgIpc) is 2.47. The lowest BCUT2D eigenvalue weighted by molar-refractivity contribution is -0.115. The van der Waals surface area contributed by atoms with Gasteiger partial charge in [-0.05, 0) is 43.3 Å². The van der Waals surface area contributed by atoms with E-state index in [0.29, 0.717) is 16.1 Å². The first-order chi connectivity index (χ1) is 10.1. The van der Waals surface area contributed by atoms with Crippen LogP contribution >= 0.6 is 11.8 Å². The summed E-state index contributed by atoms with van der Waals surface area (Å²) < 4.78 is 13.1. The van der Waals surface area contributed by atoms with Crippen molar-refractivity contribution < 1.29 is 9.18 Å². The van der Waals surface area contributed by atoms with Crippen LogP contribution in [0, 0.1) is 17.1 Å². The van der Waals surface area contributed by atoms with Crippen molar-refractivity contribution in [3.05, 3.63) is 59.9 Å². The number of anilines is 1. The maximum Gasteiger partial charge on any atom is 0.237 e. The summed E-state index contributed by atoms with van der Waals surface area (Å²) in [4.78, 5) is 12.8. The summed E-state index contributed by atoms with van der Waals surface area (Å²) in [6, 6.07) is 14.8. The number of hydrogen-bond donors (Lipinski definition) is 1. The maximum absolute atomic E-state index is 13.1. The molecule has 0 saturated heterocycles. The van der Waals surface area contributed by atoms with Crippen LogP contribution in [0.4, 0.5) is 10.1 Å². The number of benzene rings is 2. The minimum atomic E-state index is -0.377. The fourth-order valence-electron chi connectivity index (χ4n) is 1.71. The molecule has 0 aliphatic heterocycles. The minimum Gasteiger partial charge on any atom is -0.325 e. The van der Waals surface area contributed by atoms with E-state index in [1.165, 1.54) is 23.9 Å². The Hall–Kier alpha value is -2.32. The van der Waals surface area contributed by atoms with Crippen LogP contribution in [-0.2, 0) is 4.79 Å². The zero-order valence-electron chi connectivity index (χ0n) is 11.3. The van der Waals surface area contributed by atoms with Crippen molar-refractivity contribution in [3.63, 3.8) is 0 Å². The van der Waals surface area contributed by atoms with Gasteiger partial charge in [-0.1, -0.05) is 12.1 Å². The van der Waals surface area contributed by atoms with Gasteiger partial charge in [-0.2, -0.15) is 5.26 Å². The van der Waals surface area contributed by atoms with Gasteiger partial charge in [0.1, 0.15) is 5.82 Å². The van der Waals surface area contributed by atoms with Gasteiger partial charge in [-0.3, -0.25) is 4.79 Å². The molecular formula is C16H13FN2OS. The summed E-state index contributed by atoms with van der Waals surface area (Å²) in [5.41, 5.74) is 1.06. The Morgan fingerprint density at radius 1 is 1.29 bits per heavy atom. The summed E-state index contributed by atoms with van der Waals surface area (Å²) in [5.74, 6) is -0.520. The van der Waals surface area contributed by atoms with Gasteiger partial charge in [0.15, 0.2) is 0 Å². The van der Waals surface area contributed by atoms with Crippen molar-refractivity contribution in [2.45, 2.75) is 17.1 Å². The molecule has 3 nitrogen and oxygen atoms in total. The molecule has 106 valence electrons. The molecule has 0 spiro atoms. The second kappa shape index (κ2) is 6.91. The van der Waals surface area contributed by atoms with E-state index >= 15 is 0 Å². The molecule has 5 heteroatoms. The van der Waals surface area contributed by atoms with Crippen LogP contribution in [0.15, 0.2) is 53.4 Å². The maximum atomic E-state index is 13.1. The van der Waals surface area contributed by atoms with Gasteiger partial charge in [-0.15, -0.1) is 11.8 Å².